The molecule has 0 aliphatic carbocycles. The summed E-state index contributed by atoms with van der Waals surface area (Å²) >= 11 is 5.95. The molecule has 3 heterocycles. The molecule has 1 atom stereocenters. The van der Waals surface area contributed by atoms with Crippen LogP contribution in [-0.4, -0.2) is 51.8 Å². The number of nitrogens with zero attached hydrogens (tertiary/aromatic N) is 3. The van der Waals surface area contributed by atoms with Gasteiger partial charge in [-0.1, -0.05) is 11.6 Å². The normalized spacial score (nSPS) is 21.1. The average molecular weight is 282 g/mol. The predicted molar refractivity (Wildman–Crippen MR) is 72.3 cm³/mol. The van der Waals surface area contributed by atoms with Gasteiger partial charge >= 0.3 is 0 Å². The van der Waals surface area contributed by atoms with Gasteiger partial charge in [-0.15, -0.1) is 0 Å². The van der Waals surface area contributed by atoms with Crippen molar-refractivity contribution < 1.29 is 9.84 Å². The van der Waals surface area contributed by atoms with Crippen LogP contribution in [-0.2, 0) is 11.3 Å². The van der Waals surface area contributed by atoms with Crippen LogP contribution in [0.3, 0.4) is 0 Å². The van der Waals surface area contributed by atoms with E-state index in [9.17, 15) is 0 Å². The first-order chi connectivity index (χ1) is 9.24. The Kier molecular flexibility index (Phi) is 3.70. The second-order valence-electron chi connectivity index (χ2n) is 4.76. The van der Waals surface area contributed by atoms with Crippen LogP contribution < -0.4 is 0 Å². The molecule has 6 heteroatoms. The van der Waals surface area contributed by atoms with E-state index in [0.29, 0.717) is 11.6 Å². The molecule has 19 heavy (non-hydrogen) atoms. The molecule has 2 aromatic rings. The molecule has 0 spiro atoms. The molecule has 0 amide bonds. The highest BCUT2D eigenvalue weighted by atomic mass is 35.5. The molecule has 1 aliphatic rings. The summed E-state index contributed by atoms with van der Waals surface area (Å²) in [6.07, 6.45) is 3.76. The number of rotatable bonds is 3. The third-order valence-corrected chi connectivity index (χ3v) is 3.50. The van der Waals surface area contributed by atoms with E-state index in [4.69, 9.17) is 21.4 Å². The molecule has 1 fully saturated rings. The summed E-state index contributed by atoms with van der Waals surface area (Å²) in [7, 11) is 0. The van der Waals surface area contributed by atoms with Crippen LogP contribution in [0.2, 0.25) is 5.02 Å². The molecular formula is C13H16ClN3O2. The third-order valence-electron chi connectivity index (χ3n) is 3.28. The van der Waals surface area contributed by atoms with Crippen LogP contribution in [0.25, 0.3) is 5.65 Å². The van der Waals surface area contributed by atoms with Gasteiger partial charge in [0.25, 0.3) is 0 Å². The molecule has 1 saturated heterocycles. The number of hydrogen-bond acceptors (Lipinski definition) is 4. The summed E-state index contributed by atoms with van der Waals surface area (Å²) in [6.45, 7) is 3.09. The van der Waals surface area contributed by atoms with E-state index in [0.717, 1.165) is 31.0 Å². The van der Waals surface area contributed by atoms with Crippen molar-refractivity contribution >= 4 is 17.2 Å². The van der Waals surface area contributed by atoms with Crippen molar-refractivity contribution in [1.82, 2.24) is 14.3 Å². The summed E-state index contributed by atoms with van der Waals surface area (Å²) in [5.74, 6) is 0. The smallest absolute Gasteiger partial charge is 0.137 e. The summed E-state index contributed by atoms with van der Waals surface area (Å²) in [6, 6.07) is 3.74. The molecule has 0 bridgehead atoms. The number of imidazole rings is 1. The summed E-state index contributed by atoms with van der Waals surface area (Å²) in [5, 5.41) is 9.83. The van der Waals surface area contributed by atoms with Gasteiger partial charge in [-0.3, -0.25) is 4.90 Å². The van der Waals surface area contributed by atoms with Crippen molar-refractivity contribution in [3.63, 3.8) is 0 Å². The average Bonchev–Trinajstić information content (AvgIpc) is 2.80. The van der Waals surface area contributed by atoms with Crippen molar-refractivity contribution in [2.45, 2.75) is 12.6 Å². The lowest BCUT2D eigenvalue weighted by Crippen LogP contribution is -2.43. The van der Waals surface area contributed by atoms with E-state index in [1.54, 1.807) is 0 Å². The largest absolute Gasteiger partial charge is 0.394 e. The molecule has 1 aliphatic heterocycles. The Bertz CT molecular complexity index is 572. The van der Waals surface area contributed by atoms with Crippen molar-refractivity contribution in [2.24, 2.45) is 0 Å². The first kappa shape index (κ1) is 12.9. The second kappa shape index (κ2) is 5.46. The third kappa shape index (κ3) is 2.90. The first-order valence-corrected chi connectivity index (χ1v) is 6.70. The first-order valence-electron chi connectivity index (χ1n) is 6.32. The van der Waals surface area contributed by atoms with Gasteiger partial charge < -0.3 is 14.2 Å². The molecule has 102 valence electrons. The number of aromatic nitrogens is 2. The maximum atomic E-state index is 9.13. The minimum absolute atomic E-state index is 0.0667. The fourth-order valence-electron chi connectivity index (χ4n) is 2.36. The number of fused-ring (bicyclic) bond motifs is 1. The molecule has 0 saturated carbocycles. The van der Waals surface area contributed by atoms with Crippen molar-refractivity contribution in [3.8, 4) is 0 Å². The topological polar surface area (TPSA) is 50.0 Å². The van der Waals surface area contributed by atoms with Gasteiger partial charge in [-0.05, 0) is 12.1 Å². The minimum atomic E-state index is -0.0831. The van der Waals surface area contributed by atoms with Gasteiger partial charge in [-0.2, -0.15) is 0 Å². The summed E-state index contributed by atoms with van der Waals surface area (Å²) in [5.41, 5.74) is 1.90. The molecule has 1 N–H and O–H groups in total. The number of aliphatic hydroxyl groups excluding tert-OH is 1. The van der Waals surface area contributed by atoms with Crippen molar-refractivity contribution in [3.05, 3.63) is 35.2 Å². The zero-order valence-electron chi connectivity index (χ0n) is 10.5. The van der Waals surface area contributed by atoms with E-state index in [2.05, 4.69) is 9.88 Å². The van der Waals surface area contributed by atoms with Crippen LogP contribution in [0.1, 0.15) is 5.69 Å². The van der Waals surface area contributed by atoms with E-state index in [1.807, 2.05) is 28.9 Å². The Labute approximate surface area is 116 Å². The lowest BCUT2D eigenvalue weighted by Gasteiger charge is -2.31. The van der Waals surface area contributed by atoms with Gasteiger partial charge in [0, 0.05) is 32.0 Å². The van der Waals surface area contributed by atoms with E-state index in [-0.39, 0.29) is 12.7 Å². The lowest BCUT2D eigenvalue weighted by molar-refractivity contribution is -0.0553. The van der Waals surface area contributed by atoms with Gasteiger partial charge in [-0.25, -0.2) is 4.98 Å². The van der Waals surface area contributed by atoms with Crippen LogP contribution in [0, 0.1) is 0 Å². The van der Waals surface area contributed by atoms with Gasteiger partial charge in [0.05, 0.1) is 30.0 Å². The lowest BCUT2D eigenvalue weighted by atomic mass is 10.2. The maximum absolute atomic E-state index is 9.13. The molecule has 1 unspecified atom stereocenters. The Hall–Kier alpha value is -1.14. The Morgan fingerprint density at radius 2 is 2.32 bits per heavy atom. The fraction of sp³-hybridized carbons (Fsp3) is 0.462. The zero-order chi connectivity index (χ0) is 13.2. The van der Waals surface area contributed by atoms with E-state index >= 15 is 0 Å². The van der Waals surface area contributed by atoms with Crippen LogP contribution >= 0.6 is 11.6 Å². The monoisotopic (exact) mass is 281 g/mol. The number of halogens is 1. The van der Waals surface area contributed by atoms with Gasteiger partial charge in [0.1, 0.15) is 5.65 Å². The van der Waals surface area contributed by atoms with Crippen molar-refractivity contribution in [1.29, 1.82) is 0 Å². The quantitative estimate of drug-likeness (QED) is 0.918. The van der Waals surface area contributed by atoms with E-state index < -0.39 is 0 Å². The molecular weight excluding hydrogens is 266 g/mol. The zero-order valence-corrected chi connectivity index (χ0v) is 11.3. The number of ether oxygens (including phenoxy) is 1. The highest BCUT2D eigenvalue weighted by Gasteiger charge is 2.20. The van der Waals surface area contributed by atoms with Crippen molar-refractivity contribution in [2.75, 3.05) is 26.3 Å². The van der Waals surface area contributed by atoms with Crippen LogP contribution in [0.4, 0.5) is 0 Å². The van der Waals surface area contributed by atoms with Crippen LogP contribution in [0.15, 0.2) is 24.5 Å². The summed E-state index contributed by atoms with van der Waals surface area (Å²) < 4.78 is 7.37. The Morgan fingerprint density at radius 1 is 1.42 bits per heavy atom. The van der Waals surface area contributed by atoms with Crippen LogP contribution in [0.5, 0.6) is 0 Å². The highest BCUT2D eigenvalue weighted by molar-refractivity contribution is 6.30. The number of morpholine rings is 1. The number of hydrogen-bond donors (Lipinski definition) is 1. The predicted octanol–water partition coefficient (Wildman–Crippen LogP) is 1.18. The standard InChI is InChI=1S/C13H16ClN3O2/c14-10-1-2-13-15-11(7-17(13)5-10)6-16-3-4-19-12(8-16)9-18/h1-2,5,7,12,18H,3-4,6,8-9H2. The highest BCUT2D eigenvalue weighted by Crippen LogP contribution is 2.14. The van der Waals surface area contributed by atoms with Gasteiger partial charge in [0.15, 0.2) is 0 Å². The maximum Gasteiger partial charge on any atom is 0.137 e. The molecule has 0 aromatic carbocycles. The molecule has 0 radical (unpaired) electrons. The molecule has 5 nitrogen and oxygen atoms in total. The Morgan fingerprint density at radius 3 is 3.16 bits per heavy atom. The minimum Gasteiger partial charge on any atom is -0.394 e. The van der Waals surface area contributed by atoms with Gasteiger partial charge in [0.2, 0.25) is 0 Å². The number of aliphatic hydroxyl groups is 1. The second-order valence-corrected chi connectivity index (χ2v) is 5.19. The molecule has 2 aromatic heterocycles. The summed E-state index contributed by atoms with van der Waals surface area (Å²) in [4.78, 5) is 6.80. The van der Waals surface area contributed by atoms with E-state index in [1.165, 1.54) is 0 Å². The Balaban J connectivity index is 1.74. The number of pyridine rings is 1. The SMILES string of the molecule is OCC1CN(Cc2cn3cc(Cl)ccc3n2)CCO1. The molecule has 3 rings (SSSR count). The fourth-order valence-corrected chi connectivity index (χ4v) is 2.53.